The van der Waals surface area contributed by atoms with Crippen molar-refractivity contribution in [2.45, 2.75) is 37.4 Å². The Bertz CT molecular complexity index is 834. The van der Waals surface area contributed by atoms with Crippen molar-refractivity contribution in [2.24, 2.45) is 0 Å². The highest BCUT2D eigenvalue weighted by Crippen LogP contribution is 2.32. The second-order valence-electron chi connectivity index (χ2n) is 7.55. The molecule has 3 fully saturated rings. The summed E-state index contributed by atoms with van der Waals surface area (Å²) in [5.41, 5.74) is 0.656. The lowest BCUT2D eigenvalue weighted by Crippen LogP contribution is -2.42. The largest absolute Gasteiger partial charge is 0.431 e. The molecule has 2 N–H and O–H groups in total. The Morgan fingerprint density at radius 1 is 1.25 bits per heavy atom. The minimum absolute atomic E-state index is 0.0187. The number of anilines is 1. The molecule has 3 atom stereocenters. The number of nitrogens with one attached hydrogen (secondary N) is 2. The summed E-state index contributed by atoms with van der Waals surface area (Å²) in [6, 6.07) is 8.52. The first-order valence-electron chi connectivity index (χ1n) is 9.88. The van der Waals surface area contributed by atoms with E-state index in [0.717, 1.165) is 44.1 Å². The van der Waals surface area contributed by atoms with Crippen molar-refractivity contribution in [3.63, 3.8) is 0 Å². The SMILES string of the molecule is O=C(N[C@@H]1C[C@H]2CC[C@@H]1N2)c1ccc(Oc2ncc(N3CCOCC3)s2)cc1. The number of morpholine rings is 1. The molecule has 7 nitrogen and oxygen atoms in total. The highest BCUT2D eigenvalue weighted by molar-refractivity contribution is 7.17. The van der Waals surface area contributed by atoms with Crippen molar-refractivity contribution in [3.05, 3.63) is 36.0 Å². The van der Waals surface area contributed by atoms with Gasteiger partial charge in [-0.15, -0.1) is 0 Å². The standard InChI is InChI=1S/C20H24N4O3S/c25-19(23-17-11-14-3-6-16(17)22-14)13-1-4-15(5-2-13)27-20-21-12-18(28-20)24-7-9-26-10-8-24/h1-2,4-5,12,14,16-17,22H,3,6-11H2,(H,23,25)/t14-,16+,17-/m1/s1. The van der Waals surface area contributed by atoms with E-state index < -0.39 is 0 Å². The predicted octanol–water partition coefficient (Wildman–Crippen LogP) is 2.39. The van der Waals surface area contributed by atoms with Crippen LogP contribution in [0.5, 0.6) is 10.9 Å². The Kier molecular flexibility index (Phi) is 4.92. The average molecular weight is 401 g/mol. The number of hydrogen-bond donors (Lipinski definition) is 2. The van der Waals surface area contributed by atoms with E-state index in [1.165, 1.54) is 17.8 Å². The number of rotatable bonds is 5. The van der Waals surface area contributed by atoms with Gasteiger partial charge in [0.05, 0.1) is 19.4 Å². The number of fused-ring (bicyclic) bond motifs is 2. The lowest BCUT2D eigenvalue weighted by Gasteiger charge is -2.26. The summed E-state index contributed by atoms with van der Waals surface area (Å²) < 4.78 is 11.3. The molecule has 28 heavy (non-hydrogen) atoms. The molecule has 1 aromatic carbocycles. The van der Waals surface area contributed by atoms with Gasteiger partial charge in [0.1, 0.15) is 10.8 Å². The molecule has 5 rings (SSSR count). The first-order valence-corrected chi connectivity index (χ1v) is 10.7. The summed E-state index contributed by atoms with van der Waals surface area (Å²) in [4.78, 5) is 19.1. The van der Waals surface area contributed by atoms with Crippen LogP contribution in [0.15, 0.2) is 30.5 Å². The number of ether oxygens (including phenoxy) is 2. The molecule has 1 aromatic heterocycles. The smallest absolute Gasteiger partial charge is 0.280 e. The van der Waals surface area contributed by atoms with E-state index in [2.05, 4.69) is 20.5 Å². The molecular weight excluding hydrogens is 376 g/mol. The summed E-state index contributed by atoms with van der Waals surface area (Å²) in [6.45, 7) is 3.25. The number of amides is 1. The zero-order valence-corrected chi connectivity index (χ0v) is 16.4. The molecule has 0 aliphatic carbocycles. The molecule has 0 radical (unpaired) electrons. The van der Waals surface area contributed by atoms with Crippen LogP contribution >= 0.6 is 11.3 Å². The van der Waals surface area contributed by atoms with Crippen LogP contribution in [0.2, 0.25) is 0 Å². The Hall–Kier alpha value is -2.16. The molecule has 2 aromatic rings. The van der Waals surface area contributed by atoms with Crippen molar-refractivity contribution in [1.82, 2.24) is 15.6 Å². The van der Waals surface area contributed by atoms with E-state index in [1.54, 1.807) is 0 Å². The second-order valence-corrected chi connectivity index (χ2v) is 8.52. The molecule has 1 amide bonds. The van der Waals surface area contributed by atoms with Crippen molar-refractivity contribution in [2.75, 3.05) is 31.2 Å². The van der Waals surface area contributed by atoms with E-state index in [0.29, 0.717) is 28.6 Å². The Morgan fingerprint density at radius 3 is 2.79 bits per heavy atom. The number of benzene rings is 1. The van der Waals surface area contributed by atoms with Crippen LogP contribution in [0.1, 0.15) is 29.6 Å². The molecule has 2 bridgehead atoms. The van der Waals surface area contributed by atoms with E-state index >= 15 is 0 Å². The third kappa shape index (κ3) is 3.72. The van der Waals surface area contributed by atoms with Gasteiger partial charge in [0.25, 0.3) is 11.1 Å². The van der Waals surface area contributed by atoms with E-state index in [9.17, 15) is 4.79 Å². The topological polar surface area (TPSA) is 75.7 Å². The van der Waals surface area contributed by atoms with Gasteiger partial charge in [-0.2, -0.15) is 0 Å². The number of hydrogen-bond acceptors (Lipinski definition) is 7. The van der Waals surface area contributed by atoms with Gasteiger partial charge in [0.15, 0.2) is 0 Å². The molecule has 3 aliphatic rings. The fraction of sp³-hybridized carbons (Fsp3) is 0.500. The molecular formula is C20H24N4O3S. The molecule has 148 valence electrons. The van der Waals surface area contributed by atoms with Crippen LogP contribution in [0.3, 0.4) is 0 Å². The monoisotopic (exact) mass is 400 g/mol. The maximum atomic E-state index is 12.5. The summed E-state index contributed by atoms with van der Waals surface area (Å²) in [6.07, 6.45) is 5.26. The first kappa shape index (κ1) is 17.9. The van der Waals surface area contributed by atoms with Gasteiger partial charge < -0.3 is 25.0 Å². The van der Waals surface area contributed by atoms with Crippen molar-refractivity contribution < 1.29 is 14.3 Å². The van der Waals surface area contributed by atoms with Gasteiger partial charge in [-0.25, -0.2) is 4.98 Å². The van der Waals surface area contributed by atoms with Gasteiger partial charge in [-0.1, -0.05) is 11.3 Å². The number of thiazole rings is 1. The number of carbonyl (C=O) groups is 1. The third-order valence-corrected chi connectivity index (χ3v) is 6.67. The van der Waals surface area contributed by atoms with Gasteiger partial charge in [-0.05, 0) is 43.5 Å². The van der Waals surface area contributed by atoms with Crippen LogP contribution in [0, 0.1) is 0 Å². The van der Waals surface area contributed by atoms with Crippen LogP contribution in [0.4, 0.5) is 5.00 Å². The Morgan fingerprint density at radius 2 is 2.07 bits per heavy atom. The highest BCUT2D eigenvalue weighted by atomic mass is 32.1. The van der Waals surface area contributed by atoms with E-state index in [-0.39, 0.29) is 11.9 Å². The molecule has 3 saturated heterocycles. The summed E-state index contributed by atoms with van der Waals surface area (Å²) >= 11 is 1.52. The average Bonchev–Trinajstić information content (AvgIpc) is 3.46. The van der Waals surface area contributed by atoms with Crippen molar-refractivity contribution in [3.8, 4) is 10.9 Å². The van der Waals surface area contributed by atoms with Gasteiger partial charge in [0.2, 0.25) is 0 Å². The van der Waals surface area contributed by atoms with E-state index in [1.807, 2.05) is 30.5 Å². The van der Waals surface area contributed by atoms with Crippen LogP contribution in [0.25, 0.3) is 0 Å². The van der Waals surface area contributed by atoms with Crippen LogP contribution in [-0.2, 0) is 4.74 Å². The number of nitrogens with zero attached hydrogens (tertiary/aromatic N) is 2. The number of aromatic nitrogens is 1. The fourth-order valence-electron chi connectivity index (χ4n) is 4.24. The summed E-state index contributed by atoms with van der Waals surface area (Å²) in [5, 5.41) is 8.41. The van der Waals surface area contributed by atoms with Crippen LogP contribution < -0.4 is 20.3 Å². The normalized spacial score (nSPS) is 26.4. The molecule has 0 saturated carbocycles. The predicted molar refractivity (Wildman–Crippen MR) is 107 cm³/mol. The minimum Gasteiger partial charge on any atom is -0.431 e. The first-order chi connectivity index (χ1) is 13.7. The third-order valence-electron chi connectivity index (χ3n) is 5.73. The Labute approximate surface area is 168 Å². The van der Waals surface area contributed by atoms with Gasteiger partial charge in [-0.3, -0.25) is 4.79 Å². The second kappa shape index (κ2) is 7.69. The quantitative estimate of drug-likeness (QED) is 0.803. The zero-order valence-electron chi connectivity index (χ0n) is 15.6. The highest BCUT2D eigenvalue weighted by Gasteiger charge is 2.39. The zero-order chi connectivity index (χ0) is 18.9. The molecule has 3 aliphatic heterocycles. The van der Waals surface area contributed by atoms with Crippen molar-refractivity contribution >= 4 is 22.2 Å². The lowest BCUT2D eigenvalue weighted by atomic mass is 9.95. The fourth-order valence-corrected chi connectivity index (χ4v) is 5.08. The molecule has 8 heteroatoms. The maximum Gasteiger partial charge on any atom is 0.280 e. The van der Waals surface area contributed by atoms with E-state index in [4.69, 9.17) is 9.47 Å². The van der Waals surface area contributed by atoms with Crippen LogP contribution in [-0.4, -0.2) is 55.3 Å². The lowest BCUT2D eigenvalue weighted by molar-refractivity contribution is 0.0931. The summed E-state index contributed by atoms with van der Waals surface area (Å²) in [5.74, 6) is 0.663. The van der Waals surface area contributed by atoms with Crippen molar-refractivity contribution in [1.29, 1.82) is 0 Å². The number of carbonyl (C=O) groups excluding carboxylic acids is 1. The maximum absolute atomic E-state index is 12.5. The molecule has 4 heterocycles. The van der Waals surface area contributed by atoms with Gasteiger partial charge >= 0.3 is 0 Å². The minimum atomic E-state index is -0.0187. The summed E-state index contributed by atoms with van der Waals surface area (Å²) in [7, 11) is 0. The Balaban J connectivity index is 1.18. The molecule has 0 spiro atoms. The van der Waals surface area contributed by atoms with Gasteiger partial charge in [0, 0.05) is 36.8 Å². The molecule has 0 unspecified atom stereocenters.